The summed E-state index contributed by atoms with van der Waals surface area (Å²) < 4.78 is 0. The van der Waals surface area contributed by atoms with Gasteiger partial charge in [-0.1, -0.05) is 12.1 Å². The van der Waals surface area contributed by atoms with Gasteiger partial charge in [0.25, 0.3) is 0 Å². The molecule has 2 N–H and O–H groups in total. The smallest absolute Gasteiger partial charge is 0.199 e. The molecule has 60 valence electrons. The van der Waals surface area contributed by atoms with E-state index < -0.39 is 8.38 Å². The van der Waals surface area contributed by atoms with Gasteiger partial charge in [-0.15, -0.1) is 0 Å². The monoisotopic (exact) mass is 170 g/mol. The summed E-state index contributed by atoms with van der Waals surface area (Å²) in [5.74, 6) is 0. The second-order valence-electron chi connectivity index (χ2n) is 2.51. The summed E-state index contributed by atoms with van der Waals surface area (Å²) in [7, 11) is -1.93. The standard InChI is InChI=1S/C8H11O2P/c1-6-4-3-5-8(7(6)2)11(9)10/h3-5,9-10H,1-2H3. The molecule has 0 saturated heterocycles. The van der Waals surface area contributed by atoms with E-state index in [0.29, 0.717) is 5.30 Å². The first kappa shape index (κ1) is 8.66. The van der Waals surface area contributed by atoms with Crippen LogP contribution in [0.5, 0.6) is 0 Å². The third-order valence-corrected chi connectivity index (χ3v) is 2.71. The summed E-state index contributed by atoms with van der Waals surface area (Å²) in [6.07, 6.45) is 0. The molecule has 0 atom stereocenters. The summed E-state index contributed by atoms with van der Waals surface area (Å²) in [6, 6.07) is 5.53. The normalized spacial score (nSPS) is 10.6. The lowest BCUT2D eigenvalue weighted by Crippen LogP contribution is -2.05. The minimum atomic E-state index is -1.93. The van der Waals surface area contributed by atoms with E-state index in [-0.39, 0.29) is 0 Å². The summed E-state index contributed by atoms with van der Waals surface area (Å²) in [5, 5.41) is 0.653. The predicted octanol–water partition coefficient (Wildman–Crippen LogP) is 1.23. The molecule has 0 bridgehead atoms. The number of benzene rings is 1. The largest absolute Gasteiger partial charge is 0.347 e. The SMILES string of the molecule is Cc1cccc(P(O)O)c1C. The summed E-state index contributed by atoms with van der Waals surface area (Å²) >= 11 is 0. The van der Waals surface area contributed by atoms with E-state index in [9.17, 15) is 0 Å². The molecule has 0 spiro atoms. The molecule has 0 radical (unpaired) electrons. The topological polar surface area (TPSA) is 40.5 Å². The first-order chi connectivity index (χ1) is 5.13. The lowest BCUT2D eigenvalue weighted by molar-refractivity contribution is 0.496. The Labute approximate surface area is 67.4 Å². The van der Waals surface area contributed by atoms with E-state index in [1.807, 2.05) is 26.0 Å². The Morgan fingerprint density at radius 3 is 2.27 bits per heavy atom. The van der Waals surface area contributed by atoms with Crippen LogP contribution in [-0.4, -0.2) is 9.79 Å². The van der Waals surface area contributed by atoms with Crippen LogP contribution in [0, 0.1) is 13.8 Å². The molecule has 0 fully saturated rings. The summed E-state index contributed by atoms with van der Waals surface area (Å²) in [6.45, 7) is 3.85. The van der Waals surface area contributed by atoms with Gasteiger partial charge in [0, 0.05) is 5.30 Å². The highest BCUT2D eigenvalue weighted by molar-refractivity contribution is 7.54. The van der Waals surface area contributed by atoms with E-state index in [4.69, 9.17) is 9.79 Å². The van der Waals surface area contributed by atoms with Crippen LogP contribution in [-0.2, 0) is 0 Å². The van der Waals surface area contributed by atoms with Crippen molar-refractivity contribution in [3.63, 3.8) is 0 Å². The summed E-state index contributed by atoms with van der Waals surface area (Å²) in [4.78, 5) is 17.9. The van der Waals surface area contributed by atoms with Crippen molar-refractivity contribution in [2.24, 2.45) is 0 Å². The molecule has 1 aromatic rings. The van der Waals surface area contributed by atoms with Crippen LogP contribution in [0.15, 0.2) is 18.2 Å². The zero-order valence-electron chi connectivity index (χ0n) is 6.57. The van der Waals surface area contributed by atoms with Crippen molar-refractivity contribution in [1.82, 2.24) is 0 Å². The highest BCUT2D eigenvalue weighted by Gasteiger charge is 2.07. The summed E-state index contributed by atoms with van der Waals surface area (Å²) in [5.41, 5.74) is 2.07. The van der Waals surface area contributed by atoms with Crippen LogP contribution in [0.25, 0.3) is 0 Å². The molecule has 0 aromatic heterocycles. The van der Waals surface area contributed by atoms with E-state index in [0.717, 1.165) is 11.1 Å². The van der Waals surface area contributed by atoms with E-state index in [1.54, 1.807) is 6.07 Å². The third kappa shape index (κ3) is 1.78. The van der Waals surface area contributed by atoms with Gasteiger partial charge in [-0.25, -0.2) is 0 Å². The molecule has 0 heterocycles. The quantitative estimate of drug-likeness (QED) is 0.622. The Morgan fingerprint density at radius 1 is 1.18 bits per heavy atom. The Kier molecular flexibility index (Phi) is 2.61. The van der Waals surface area contributed by atoms with Crippen LogP contribution in [0.3, 0.4) is 0 Å². The zero-order valence-corrected chi connectivity index (χ0v) is 7.47. The molecule has 2 nitrogen and oxygen atoms in total. The van der Waals surface area contributed by atoms with Gasteiger partial charge in [-0.05, 0) is 31.0 Å². The van der Waals surface area contributed by atoms with E-state index >= 15 is 0 Å². The second-order valence-corrected chi connectivity index (χ2v) is 3.57. The maximum absolute atomic E-state index is 8.95. The lowest BCUT2D eigenvalue weighted by Gasteiger charge is -2.07. The maximum atomic E-state index is 8.95. The van der Waals surface area contributed by atoms with Crippen molar-refractivity contribution in [1.29, 1.82) is 0 Å². The molecule has 0 aliphatic rings. The molecule has 11 heavy (non-hydrogen) atoms. The van der Waals surface area contributed by atoms with Crippen molar-refractivity contribution in [2.45, 2.75) is 13.8 Å². The molecule has 1 aromatic carbocycles. The van der Waals surface area contributed by atoms with Crippen LogP contribution >= 0.6 is 8.38 Å². The number of aryl methyl sites for hydroxylation is 1. The first-order valence-corrected chi connectivity index (χ1v) is 4.61. The number of hydrogen-bond acceptors (Lipinski definition) is 2. The Hall–Kier alpha value is -0.430. The highest BCUT2D eigenvalue weighted by Crippen LogP contribution is 2.24. The van der Waals surface area contributed by atoms with Gasteiger partial charge < -0.3 is 9.79 Å². The van der Waals surface area contributed by atoms with Crippen molar-refractivity contribution in [3.8, 4) is 0 Å². The van der Waals surface area contributed by atoms with Gasteiger partial charge >= 0.3 is 0 Å². The Balaban J connectivity index is 3.17. The molecule has 1 rings (SSSR count). The Bertz CT molecular complexity index is 258. The van der Waals surface area contributed by atoms with Crippen molar-refractivity contribution in [2.75, 3.05) is 0 Å². The van der Waals surface area contributed by atoms with E-state index in [2.05, 4.69) is 0 Å². The number of rotatable bonds is 1. The third-order valence-electron chi connectivity index (χ3n) is 1.79. The lowest BCUT2D eigenvalue weighted by atomic mass is 10.1. The predicted molar refractivity (Wildman–Crippen MR) is 46.9 cm³/mol. The molecular weight excluding hydrogens is 159 g/mol. The van der Waals surface area contributed by atoms with Crippen LogP contribution in [0.2, 0.25) is 0 Å². The molecule has 0 amide bonds. The van der Waals surface area contributed by atoms with Crippen LogP contribution in [0.4, 0.5) is 0 Å². The average Bonchev–Trinajstić information content (AvgIpc) is 1.94. The molecule has 0 aliphatic heterocycles. The average molecular weight is 170 g/mol. The fourth-order valence-corrected chi connectivity index (χ4v) is 1.65. The fourth-order valence-electron chi connectivity index (χ4n) is 0.952. The molecule has 0 aliphatic carbocycles. The second kappa shape index (κ2) is 3.31. The van der Waals surface area contributed by atoms with Crippen molar-refractivity contribution in [3.05, 3.63) is 29.3 Å². The minimum Gasteiger partial charge on any atom is -0.347 e. The molecule has 0 unspecified atom stereocenters. The molecule has 0 saturated carbocycles. The zero-order chi connectivity index (χ0) is 8.43. The van der Waals surface area contributed by atoms with Crippen LogP contribution in [0.1, 0.15) is 11.1 Å². The van der Waals surface area contributed by atoms with Gasteiger partial charge in [0.05, 0.1) is 0 Å². The van der Waals surface area contributed by atoms with Gasteiger partial charge in [0.2, 0.25) is 0 Å². The van der Waals surface area contributed by atoms with Crippen LogP contribution < -0.4 is 5.30 Å². The van der Waals surface area contributed by atoms with E-state index in [1.165, 1.54) is 0 Å². The van der Waals surface area contributed by atoms with Gasteiger partial charge in [-0.2, -0.15) is 0 Å². The van der Waals surface area contributed by atoms with Crippen molar-refractivity contribution >= 4 is 13.7 Å². The molecular formula is C8H11O2P. The highest BCUT2D eigenvalue weighted by atomic mass is 31.2. The fraction of sp³-hybridized carbons (Fsp3) is 0.250. The van der Waals surface area contributed by atoms with Crippen molar-refractivity contribution < 1.29 is 9.79 Å². The molecule has 3 heteroatoms. The van der Waals surface area contributed by atoms with Gasteiger partial charge in [0.15, 0.2) is 8.38 Å². The number of hydrogen-bond donors (Lipinski definition) is 2. The first-order valence-electron chi connectivity index (χ1n) is 3.37. The Morgan fingerprint density at radius 2 is 1.82 bits per heavy atom. The van der Waals surface area contributed by atoms with Gasteiger partial charge in [0.1, 0.15) is 0 Å². The van der Waals surface area contributed by atoms with Gasteiger partial charge in [-0.3, -0.25) is 0 Å². The minimum absolute atomic E-state index is 0.653. The maximum Gasteiger partial charge on any atom is 0.199 e.